The molecular formula is C13H17BrN2O2. The highest BCUT2D eigenvalue weighted by Crippen LogP contribution is 2.23. The molecule has 0 radical (unpaired) electrons. The number of halogens is 1. The number of aliphatic hydroxyl groups excluding tert-OH is 1. The van der Waals surface area contributed by atoms with Gasteiger partial charge in [-0.3, -0.25) is 4.79 Å². The van der Waals surface area contributed by atoms with Crippen LogP contribution in [0.1, 0.15) is 36.2 Å². The SMILES string of the molecule is O=C(c1ncccc1Br)N1CCCCC1CCO. The lowest BCUT2D eigenvalue weighted by molar-refractivity contribution is 0.0567. The molecule has 1 aromatic rings. The molecule has 1 saturated heterocycles. The zero-order valence-corrected chi connectivity index (χ0v) is 11.8. The van der Waals surface area contributed by atoms with Crippen molar-refractivity contribution in [2.75, 3.05) is 13.2 Å². The Bertz CT molecular complexity index is 423. The molecule has 0 saturated carbocycles. The molecule has 2 heterocycles. The van der Waals surface area contributed by atoms with E-state index >= 15 is 0 Å². The van der Waals surface area contributed by atoms with Gasteiger partial charge in [-0.2, -0.15) is 0 Å². The molecule has 1 aliphatic heterocycles. The standard InChI is InChI=1S/C13H17BrN2O2/c14-11-5-3-7-15-12(11)13(18)16-8-2-1-4-10(16)6-9-17/h3,5,7,10,17H,1-2,4,6,8-9H2. The van der Waals surface area contributed by atoms with Crippen LogP contribution in [-0.2, 0) is 0 Å². The molecular weight excluding hydrogens is 296 g/mol. The second kappa shape index (κ2) is 6.29. The largest absolute Gasteiger partial charge is 0.396 e. The number of hydrogen-bond donors (Lipinski definition) is 1. The summed E-state index contributed by atoms with van der Waals surface area (Å²) < 4.78 is 0.725. The first-order chi connectivity index (χ1) is 8.74. The number of rotatable bonds is 3. The van der Waals surface area contributed by atoms with Crippen LogP contribution in [0.4, 0.5) is 0 Å². The minimum absolute atomic E-state index is 0.0411. The minimum atomic E-state index is -0.0411. The van der Waals surface area contributed by atoms with Crippen molar-refractivity contribution in [2.24, 2.45) is 0 Å². The van der Waals surface area contributed by atoms with E-state index < -0.39 is 0 Å². The number of piperidine rings is 1. The van der Waals surface area contributed by atoms with Crippen molar-refractivity contribution in [1.29, 1.82) is 0 Å². The zero-order chi connectivity index (χ0) is 13.0. The number of likely N-dealkylation sites (tertiary alicyclic amines) is 1. The summed E-state index contributed by atoms with van der Waals surface area (Å²) in [6.45, 7) is 0.879. The second-order valence-electron chi connectivity index (χ2n) is 4.49. The maximum absolute atomic E-state index is 12.5. The molecule has 0 aliphatic carbocycles. The Morgan fingerprint density at radius 2 is 2.39 bits per heavy atom. The van der Waals surface area contributed by atoms with Crippen molar-refractivity contribution < 1.29 is 9.90 Å². The van der Waals surface area contributed by atoms with Crippen LogP contribution in [0.15, 0.2) is 22.8 Å². The molecule has 0 spiro atoms. The summed E-state index contributed by atoms with van der Waals surface area (Å²) in [6, 6.07) is 3.76. The zero-order valence-electron chi connectivity index (χ0n) is 10.2. The smallest absolute Gasteiger partial charge is 0.273 e. The number of nitrogens with zero attached hydrogens (tertiary/aromatic N) is 2. The first-order valence-electron chi connectivity index (χ1n) is 6.26. The van der Waals surface area contributed by atoms with Gasteiger partial charge in [-0.25, -0.2) is 4.98 Å². The Balaban J connectivity index is 2.18. The Morgan fingerprint density at radius 1 is 1.56 bits per heavy atom. The Labute approximate surface area is 115 Å². The van der Waals surface area contributed by atoms with E-state index in [0.29, 0.717) is 12.1 Å². The van der Waals surface area contributed by atoms with Gasteiger partial charge >= 0.3 is 0 Å². The molecule has 2 rings (SSSR count). The summed E-state index contributed by atoms with van der Waals surface area (Å²) in [5.74, 6) is -0.0411. The molecule has 98 valence electrons. The highest BCUT2D eigenvalue weighted by atomic mass is 79.9. The van der Waals surface area contributed by atoms with Crippen LogP contribution in [0.2, 0.25) is 0 Å². The van der Waals surface area contributed by atoms with Crippen molar-refractivity contribution in [2.45, 2.75) is 31.7 Å². The first-order valence-corrected chi connectivity index (χ1v) is 7.05. The lowest BCUT2D eigenvalue weighted by Crippen LogP contribution is -2.44. The number of aromatic nitrogens is 1. The number of hydrogen-bond acceptors (Lipinski definition) is 3. The molecule has 1 unspecified atom stereocenters. The Hall–Kier alpha value is -0.940. The lowest BCUT2D eigenvalue weighted by Gasteiger charge is -2.35. The van der Waals surface area contributed by atoms with Gasteiger partial charge in [-0.05, 0) is 53.7 Å². The van der Waals surface area contributed by atoms with Gasteiger partial charge in [0.05, 0.1) is 0 Å². The van der Waals surface area contributed by atoms with Crippen LogP contribution < -0.4 is 0 Å². The maximum Gasteiger partial charge on any atom is 0.273 e. The number of carbonyl (C=O) groups excluding carboxylic acids is 1. The highest BCUT2D eigenvalue weighted by Gasteiger charge is 2.28. The van der Waals surface area contributed by atoms with Gasteiger partial charge in [0.25, 0.3) is 5.91 Å². The summed E-state index contributed by atoms with van der Waals surface area (Å²) in [6.07, 6.45) is 5.39. The Morgan fingerprint density at radius 3 is 3.11 bits per heavy atom. The van der Waals surface area contributed by atoms with Crippen LogP contribution in [0, 0.1) is 0 Å². The molecule has 1 amide bonds. The van der Waals surface area contributed by atoms with E-state index in [9.17, 15) is 4.79 Å². The number of pyridine rings is 1. The molecule has 0 aromatic carbocycles. The molecule has 1 atom stereocenters. The number of amides is 1. The van der Waals surface area contributed by atoms with Gasteiger partial charge < -0.3 is 10.0 Å². The van der Waals surface area contributed by atoms with Crippen molar-refractivity contribution in [3.05, 3.63) is 28.5 Å². The van der Waals surface area contributed by atoms with Crippen molar-refractivity contribution in [3.63, 3.8) is 0 Å². The molecule has 1 aromatic heterocycles. The third-order valence-electron chi connectivity index (χ3n) is 3.31. The van der Waals surface area contributed by atoms with Crippen LogP contribution in [0.3, 0.4) is 0 Å². The van der Waals surface area contributed by atoms with Crippen LogP contribution in [-0.4, -0.2) is 40.1 Å². The molecule has 18 heavy (non-hydrogen) atoms. The van der Waals surface area contributed by atoms with Gasteiger partial charge in [0.15, 0.2) is 0 Å². The topological polar surface area (TPSA) is 53.4 Å². The Kier molecular flexibility index (Phi) is 4.72. The molecule has 4 nitrogen and oxygen atoms in total. The van der Waals surface area contributed by atoms with Gasteiger partial charge in [0, 0.05) is 29.9 Å². The van der Waals surface area contributed by atoms with Gasteiger partial charge in [0.2, 0.25) is 0 Å². The maximum atomic E-state index is 12.5. The van der Waals surface area contributed by atoms with Crippen LogP contribution in [0.25, 0.3) is 0 Å². The summed E-state index contributed by atoms with van der Waals surface area (Å²) >= 11 is 3.36. The highest BCUT2D eigenvalue weighted by molar-refractivity contribution is 9.10. The van der Waals surface area contributed by atoms with Crippen molar-refractivity contribution in [3.8, 4) is 0 Å². The predicted octanol–water partition coefficient (Wildman–Crippen LogP) is 2.22. The van der Waals surface area contributed by atoms with E-state index in [4.69, 9.17) is 5.11 Å². The lowest BCUT2D eigenvalue weighted by atomic mass is 9.99. The molecule has 5 heteroatoms. The fourth-order valence-electron chi connectivity index (χ4n) is 2.40. The van der Waals surface area contributed by atoms with E-state index in [2.05, 4.69) is 20.9 Å². The number of carbonyl (C=O) groups is 1. The molecule has 1 fully saturated rings. The van der Waals surface area contributed by atoms with Gasteiger partial charge in [-0.1, -0.05) is 0 Å². The monoisotopic (exact) mass is 312 g/mol. The minimum Gasteiger partial charge on any atom is -0.396 e. The van der Waals surface area contributed by atoms with Crippen LogP contribution >= 0.6 is 15.9 Å². The predicted molar refractivity (Wildman–Crippen MR) is 72.3 cm³/mol. The van der Waals surface area contributed by atoms with E-state index in [1.807, 2.05) is 11.0 Å². The quantitative estimate of drug-likeness (QED) is 0.931. The van der Waals surface area contributed by atoms with Gasteiger partial charge in [0.1, 0.15) is 5.69 Å². The van der Waals surface area contributed by atoms with Crippen molar-refractivity contribution >= 4 is 21.8 Å². The number of aliphatic hydroxyl groups is 1. The summed E-state index contributed by atoms with van der Waals surface area (Å²) in [5, 5.41) is 9.08. The van der Waals surface area contributed by atoms with Crippen molar-refractivity contribution in [1.82, 2.24) is 9.88 Å². The average molecular weight is 313 g/mol. The van der Waals surface area contributed by atoms with E-state index in [1.54, 1.807) is 12.3 Å². The summed E-state index contributed by atoms with van der Waals surface area (Å²) in [5.41, 5.74) is 0.460. The normalized spacial score (nSPS) is 19.9. The van der Waals surface area contributed by atoms with E-state index in [0.717, 1.165) is 30.3 Å². The van der Waals surface area contributed by atoms with Gasteiger partial charge in [-0.15, -0.1) is 0 Å². The summed E-state index contributed by atoms with van der Waals surface area (Å²) in [4.78, 5) is 18.5. The van der Waals surface area contributed by atoms with E-state index in [-0.39, 0.29) is 18.6 Å². The molecule has 1 N–H and O–H groups in total. The first kappa shape index (κ1) is 13.5. The summed E-state index contributed by atoms with van der Waals surface area (Å²) in [7, 11) is 0. The third kappa shape index (κ3) is 2.90. The third-order valence-corrected chi connectivity index (χ3v) is 3.95. The molecule has 0 bridgehead atoms. The van der Waals surface area contributed by atoms with E-state index in [1.165, 1.54) is 0 Å². The fraction of sp³-hybridized carbons (Fsp3) is 0.538. The molecule has 1 aliphatic rings. The van der Waals surface area contributed by atoms with Crippen LogP contribution in [0.5, 0.6) is 0 Å². The fourth-order valence-corrected chi connectivity index (χ4v) is 2.82. The average Bonchev–Trinajstić information content (AvgIpc) is 2.40. The second-order valence-corrected chi connectivity index (χ2v) is 5.35.